The summed E-state index contributed by atoms with van der Waals surface area (Å²) in [5.74, 6) is 0.236. The van der Waals surface area contributed by atoms with Crippen molar-refractivity contribution in [2.24, 2.45) is 18.4 Å². The molecule has 1 aromatic rings. The molecule has 2 unspecified atom stereocenters. The molecule has 0 radical (unpaired) electrons. The number of tetrazole rings is 1. The van der Waals surface area contributed by atoms with Crippen LogP contribution in [-0.2, 0) is 11.8 Å². The van der Waals surface area contributed by atoms with Crippen molar-refractivity contribution in [3.63, 3.8) is 0 Å². The van der Waals surface area contributed by atoms with Crippen LogP contribution in [0, 0.1) is 11.3 Å². The Labute approximate surface area is 85.7 Å². The monoisotopic (exact) mass is 209 g/mol. The van der Waals surface area contributed by atoms with Gasteiger partial charge in [-0.2, -0.15) is 0 Å². The molecule has 7 heteroatoms. The van der Waals surface area contributed by atoms with Gasteiger partial charge in [0.2, 0.25) is 5.95 Å². The van der Waals surface area contributed by atoms with Crippen LogP contribution in [0.15, 0.2) is 0 Å². The average Bonchev–Trinajstić information content (AvgIpc) is 2.59. The summed E-state index contributed by atoms with van der Waals surface area (Å²) in [4.78, 5) is 13.0. The molecule has 2 fully saturated rings. The van der Waals surface area contributed by atoms with Crippen molar-refractivity contribution in [1.82, 2.24) is 20.2 Å². The number of carboxylic acid groups (broad SMARTS) is 1. The van der Waals surface area contributed by atoms with E-state index in [1.54, 1.807) is 11.7 Å². The standard InChI is InChI=1S/C8H11N5O2/c1-12-7(9-10-11-12)13-3-5-2-8(5,4-13)6(14)15/h5H,2-4H2,1H3,(H,14,15). The number of piperidine rings is 1. The topological polar surface area (TPSA) is 84.1 Å². The molecular weight excluding hydrogens is 198 g/mol. The van der Waals surface area contributed by atoms with E-state index in [9.17, 15) is 4.79 Å². The van der Waals surface area contributed by atoms with Crippen LogP contribution >= 0.6 is 0 Å². The Kier molecular flexibility index (Phi) is 1.42. The molecule has 1 aromatic heterocycles. The summed E-state index contributed by atoms with van der Waals surface area (Å²) >= 11 is 0. The minimum Gasteiger partial charge on any atom is -0.481 e. The summed E-state index contributed by atoms with van der Waals surface area (Å²) in [7, 11) is 1.76. The van der Waals surface area contributed by atoms with Gasteiger partial charge in [0.05, 0.1) is 5.41 Å². The number of aryl methyl sites for hydroxylation is 1. The van der Waals surface area contributed by atoms with Gasteiger partial charge in [-0.1, -0.05) is 5.10 Å². The molecule has 1 saturated carbocycles. The molecule has 1 aliphatic heterocycles. The summed E-state index contributed by atoms with van der Waals surface area (Å²) in [5, 5.41) is 20.3. The van der Waals surface area contributed by atoms with Crippen molar-refractivity contribution in [1.29, 1.82) is 0 Å². The molecule has 80 valence electrons. The van der Waals surface area contributed by atoms with Crippen molar-refractivity contribution in [2.75, 3.05) is 18.0 Å². The minimum absolute atomic E-state index is 0.270. The van der Waals surface area contributed by atoms with Gasteiger partial charge in [-0.3, -0.25) is 4.79 Å². The van der Waals surface area contributed by atoms with Crippen LogP contribution in [0.4, 0.5) is 5.95 Å². The van der Waals surface area contributed by atoms with Gasteiger partial charge in [0.15, 0.2) is 0 Å². The largest absolute Gasteiger partial charge is 0.481 e. The second-order valence-electron chi connectivity index (χ2n) is 4.35. The summed E-state index contributed by atoms with van der Waals surface area (Å²) in [6.07, 6.45) is 0.796. The van der Waals surface area contributed by atoms with Crippen molar-refractivity contribution in [3.05, 3.63) is 0 Å². The minimum atomic E-state index is -0.690. The molecule has 1 N–H and O–H groups in total. The molecule has 0 amide bonds. The Morgan fingerprint density at radius 1 is 1.67 bits per heavy atom. The van der Waals surface area contributed by atoms with Gasteiger partial charge in [0.25, 0.3) is 0 Å². The van der Waals surface area contributed by atoms with E-state index >= 15 is 0 Å². The fourth-order valence-corrected chi connectivity index (χ4v) is 2.46. The van der Waals surface area contributed by atoms with Gasteiger partial charge in [-0.15, -0.1) is 0 Å². The van der Waals surface area contributed by atoms with Gasteiger partial charge in [-0.25, -0.2) is 4.68 Å². The molecular formula is C8H11N5O2. The fourth-order valence-electron chi connectivity index (χ4n) is 2.46. The number of aromatic nitrogens is 4. The Bertz CT molecular complexity index is 430. The number of rotatable bonds is 2. The quantitative estimate of drug-likeness (QED) is 0.681. The number of carbonyl (C=O) groups is 1. The SMILES string of the molecule is Cn1nnnc1N1CC2CC2(C(=O)O)C1. The normalized spacial score (nSPS) is 32.9. The maximum Gasteiger partial charge on any atom is 0.311 e. The molecule has 1 aliphatic carbocycles. The van der Waals surface area contributed by atoms with Gasteiger partial charge < -0.3 is 10.0 Å². The Balaban J connectivity index is 1.84. The number of nitrogens with zero attached hydrogens (tertiary/aromatic N) is 5. The first-order valence-electron chi connectivity index (χ1n) is 4.84. The van der Waals surface area contributed by atoms with E-state index in [-0.39, 0.29) is 5.92 Å². The van der Waals surface area contributed by atoms with Crippen molar-refractivity contribution >= 4 is 11.9 Å². The Morgan fingerprint density at radius 3 is 3.00 bits per heavy atom. The average molecular weight is 209 g/mol. The maximum absolute atomic E-state index is 11.1. The zero-order chi connectivity index (χ0) is 10.6. The molecule has 3 rings (SSSR count). The van der Waals surface area contributed by atoms with E-state index in [1.807, 2.05) is 4.90 Å². The smallest absolute Gasteiger partial charge is 0.311 e. The third-order valence-corrected chi connectivity index (χ3v) is 3.45. The zero-order valence-electron chi connectivity index (χ0n) is 8.29. The number of fused-ring (bicyclic) bond motifs is 1. The lowest BCUT2D eigenvalue weighted by Crippen LogP contribution is -2.30. The summed E-state index contributed by atoms with van der Waals surface area (Å²) in [5.41, 5.74) is -0.522. The molecule has 1 saturated heterocycles. The first-order chi connectivity index (χ1) is 7.13. The Hall–Kier alpha value is -1.66. The number of anilines is 1. The van der Waals surface area contributed by atoms with Crippen LogP contribution in [-0.4, -0.2) is 44.4 Å². The highest BCUT2D eigenvalue weighted by molar-refractivity contribution is 5.81. The summed E-state index contributed by atoms with van der Waals surface area (Å²) in [6, 6.07) is 0. The van der Waals surface area contributed by atoms with Gasteiger partial charge in [0, 0.05) is 20.1 Å². The third kappa shape index (κ3) is 0.999. The highest BCUT2D eigenvalue weighted by Crippen LogP contribution is 2.58. The molecule has 0 aromatic carbocycles. The van der Waals surface area contributed by atoms with Crippen LogP contribution in [0.5, 0.6) is 0 Å². The van der Waals surface area contributed by atoms with Crippen molar-refractivity contribution in [3.8, 4) is 0 Å². The van der Waals surface area contributed by atoms with Gasteiger partial charge in [0.1, 0.15) is 0 Å². The number of carboxylic acids is 1. The maximum atomic E-state index is 11.1. The van der Waals surface area contributed by atoms with Crippen LogP contribution in [0.25, 0.3) is 0 Å². The molecule has 2 atom stereocenters. The zero-order valence-corrected chi connectivity index (χ0v) is 8.29. The van der Waals surface area contributed by atoms with Gasteiger partial charge >= 0.3 is 5.97 Å². The van der Waals surface area contributed by atoms with E-state index in [1.165, 1.54) is 0 Å². The first kappa shape index (κ1) is 8.63. The molecule has 0 spiro atoms. The van der Waals surface area contributed by atoms with Gasteiger partial charge in [-0.05, 0) is 22.8 Å². The molecule has 0 bridgehead atoms. The molecule has 7 nitrogen and oxygen atoms in total. The lowest BCUT2D eigenvalue weighted by Gasteiger charge is -2.18. The van der Waals surface area contributed by atoms with Crippen LogP contribution in [0.1, 0.15) is 6.42 Å². The fraction of sp³-hybridized carbons (Fsp3) is 0.750. The lowest BCUT2D eigenvalue weighted by molar-refractivity contribution is -0.143. The predicted octanol–water partition coefficient (Wildman–Crippen LogP) is -0.879. The number of aliphatic carboxylic acids is 1. The van der Waals surface area contributed by atoms with E-state index < -0.39 is 11.4 Å². The highest BCUT2D eigenvalue weighted by atomic mass is 16.4. The first-order valence-corrected chi connectivity index (χ1v) is 4.84. The molecule has 15 heavy (non-hydrogen) atoms. The number of hydrogen-bond acceptors (Lipinski definition) is 5. The summed E-state index contributed by atoms with van der Waals surface area (Å²) in [6.45, 7) is 1.28. The Morgan fingerprint density at radius 2 is 2.47 bits per heavy atom. The highest BCUT2D eigenvalue weighted by Gasteiger charge is 2.66. The van der Waals surface area contributed by atoms with E-state index in [4.69, 9.17) is 5.11 Å². The van der Waals surface area contributed by atoms with Crippen molar-refractivity contribution in [2.45, 2.75) is 6.42 Å². The van der Waals surface area contributed by atoms with E-state index in [0.29, 0.717) is 12.5 Å². The second kappa shape index (κ2) is 2.47. The number of hydrogen-bond donors (Lipinski definition) is 1. The van der Waals surface area contributed by atoms with E-state index in [0.717, 1.165) is 13.0 Å². The van der Waals surface area contributed by atoms with Crippen LogP contribution in [0.3, 0.4) is 0 Å². The third-order valence-electron chi connectivity index (χ3n) is 3.45. The van der Waals surface area contributed by atoms with Crippen LogP contribution < -0.4 is 4.90 Å². The molecule has 2 heterocycles. The lowest BCUT2D eigenvalue weighted by atomic mass is 10.1. The molecule has 2 aliphatic rings. The van der Waals surface area contributed by atoms with Crippen LogP contribution in [0.2, 0.25) is 0 Å². The second-order valence-corrected chi connectivity index (χ2v) is 4.35. The summed E-state index contributed by atoms with van der Waals surface area (Å²) < 4.78 is 1.57. The predicted molar refractivity (Wildman–Crippen MR) is 49.2 cm³/mol. The van der Waals surface area contributed by atoms with E-state index in [2.05, 4.69) is 15.5 Å². The van der Waals surface area contributed by atoms with Crippen molar-refractivity contribution < 1.29 is 9.90 Å².